The lowest BCUT2D eigenvalue weighted by molar-refractivity contribution is -0.139. The highest BCUT2D eigenvalue weighted by atomic mass is 79.9. The molecule has 1 unspecified atom stereocenters. The molecule has 0 aromatic heterocycles. The van der Waals surface area contributed by atoms with E-state index in [2.05, 4.69) is 57.8 Å². The number of carbonyl (C=O) groups excluding carboxylic acids is 1. The van der Waals surface area contributed by atoms with Crippen LogP contribution in [0.1, 0.15) is 0 Å². The number of hydrogen-bond donors (Lipinski definition) is 1. The van der Waals surface area contributed by atoms with E-state index in [4.69, 9.17) is 0 Å². The van der Waals surface area contributed by atoms with E-state index in [1.807, 2.05) is 18.2 Å². The number of halogens is 3. The van der Waals surface area contributed by atoms with Crippen molar-refractivity contribution in [1.29, 1.82) is 0 Å². The van der Waals surface area contributed by atoms with Gasteiger partial charge in [-0.25, -0.2) is 0 Å². The van der Waals surface area contributed by atoms with Crippen LogP contribution in [-0.2, 0) is 9.53 Å². The number of alkyl halides is 1. The van der Waals surface area contributed by atoms with Crippen molar-refractivity contribution in [3.05, 3.63) is 27.1 Å². The zero-order valence-corrected chi connectivity index (χ0v) is 13.2. The molecule has 0 radical (unpaired) electrons. The van der Waals surface area contributed by atoms with Gasteiger partial charge in [-0.2, -0.15) is 0 Å². The molecule has 1 rings (SSSR count). The maximum Gasteiger partial charge on any atom is 0.321 e. The SMILES string of the molecule is COC(=O)C(Br)CNc1cc(Br)ccc1Br. The largest absolute Gasteiger partial charge is 0.468 e. The molecule has 88 valence electrons. The molecule has 0 amide bonds. The molecule has 0 fully saturated rings. The van der Waals surface area contributed by atoms with Crippen LogP contribution in [0.15, 0.2) is 27.1 Å². The molecule has 0 spiro atoms. The van der Waals surface area contributed by atoms with Gasteiger partial charge < -0.3 is 10.1 Å². The number of nitrogens with one attached hydrogen (secondary N) is 1. The number of benzene rings is 1. The van der Waals surface area contributed by atoms with Gasteiger partial charge in [0.2, 0.25) is 0 Å². The van der Waals surface area contributed by atoms with Crippen molar-refractivity contribution in [3.63, 3.8) is 0 Å². The summed E-state index contributed by atoms with van der Waals surface area (Å²) in [4.78, 5) is 10.8. The van der Waals surface area contributed by atoms with Gasteiger partial charge in [0.15, 0.2) is 0 Å². The number of hydrogen-bond acceptors (Lipinski definition) is 3. The highest BCUT2D eigenvalue weighted by Gasteiger charge is 2.14. The summed E-state index contributed by atoms with van der Waals surface area (Å²) in [5, 5.41) is 3.14. The molecular weight excluding hydrogens is 406 g/mol. The van der Waals surface area contributed by atoms with Crippen molar-refractivity contribution in [2.45, 2.75) is 4.83 Å². The molecule has 1 aromatic rings. The van der Waals surface area contributed by atoms with Gasteiger partial charge >= 0.3 is 5.97 Å². The van der Waals surface area contributed by atoms with E-state index in [0.717, 1.165) is 14.6 Å². The second kappa shape index (κ2) is 6.61. The Bertz CT molecular complexity index is 384. The maximum atomic E-state index is 11.2. The van der Waals surface area contributed by atoms with Gasteiger partial charge in [-0.1, -0.05) is 31.9 Å². The fourth-order valence-corrected chi connectivity index (χ4v) is 2.14. The Balaban J connectivity index is 2.60. The lowest BCUT2D eigenvalue weighted by atomic mass is 10.3. The first-order chi connectivity index (χ1) is 7.54. The molecule has 16 heavy (non-hydrogen) atoms. The standard InChI is InChI=1S/C10H10Br3NO2/c1-16-10(15)8(13)5-14-9-4-6(11)2-3-7(9)12/h2-4,8,14H,5H2,1H3. The Morgan fingerprint density at radius 1 is 1.50 bits per heavy atom. The van der Waals surface area contributed by atoms with Crippen LogP contribution in [0, 0.1) is 0 Å². The third-order valence-electron chi connectivity index (χ3n) is 1.86. The van der Waals surface area contributed by atoms with E-state index < -0.39 is 0 Å². The van der Waals surface area contributed by atoms with Crippen molar-refractivity contribution in [2.75, 3.05) is 19.0 Å². The molecule has 3 nitrogen and oxygen atoms in total. The van der Waals surface area contributed by atoms with E-state index in [9.17, 15) is 4.79 Å². The summed E-state index contributed by atoms with van der Waals surface area (Å²) in [6.07, 6.45) is 0. The molecule has 0 bridgehead atoms. The van der Waals surface area contributed by atoms with Crippen molar-refractivity contribution >= 4 is 59.4 Å². The summed E-state index contributed by atoms with van der Waals surface area (Å²) in [7, 11) is 1.37. The number of carbonyl (C=O) groups is 1. The summed E-state index contributed by atoms with van der Waals surface area (Å²) in [5.74, 6) is -0.293. The van der Waals surface area contributed by atoms with E-state index in [-0.39, 0.29) is 10.8 Å². The number of anilines is 1. The molecular formula is C10H10Br3NO2. The zero-order valence-electron chi connectivity index (χ0n) is 8.47. The van der Waals surface area contributed by atoms with Gasteiger partial charge in [0.1, 0.15) is 4.83 Å². The average Bonchev–Trinajstić information content (AvgIpc) is 2.28. The van der Waals surface area contributed by atoms with Crippen molar-refractivity contribution in [2.24, 2.45) is 0 Å². The Morgan fingerprint density at radius 2 is 2.19 bits per heavy atom. The summed E-state index contributed by atoms with van der Waals surface area (Å²) in [6, 6.07) is 5.79. The number of esters is 1. The highest BCUT2D eigenvalue weighted by Crippen LogP contribution is 2.26. The predicted octanol–water partition coefficient (Wildman–Crippen LogP) is 3.56. The molecule has 0 aliphatic carbocycles. The summed E-state index contributed by atoms with van der Waals surface area (Å²) >= 11 is 10.0. The van der Waals surface area contributed by atoms with Gasteiger partial charge in [-0.05, 0) is 34.1 Å². The van der Waals surface area contributed by atoms with Gasteiger partial charge in [-0.15, -0.1) is 0 Å². The molecule has 6 heteroatoms. The molecule has 0 aliphatic rings. The highest BCUT2D eigenvalue weighted by molar-refractivity contribution is 9.11. The number of ether oxygens (including phenoxy) is 1. The molecule has 1 aromatic carbocycles. The third-order valence-corrected chi connectivity index (χ3v) is 3.74. The van der Waals surface area contributed by atoms with Crippen molar-refractivity contribution < 1.29 is 9.53 Å². The van der Waals surface area contributed by atoms with E-state index in [1.54, 1.807) is 0 Å². The van der Waals surface area contributed by atoms with Crippen molar-refractivity contribution in [1.82, 2.24) is 0 Å². The number of rotatable bonds is 4. The fraction of sp³-hybridized carbons (Fsp3) is 0.300. The summed E-state index contributed by atoms with van der Waals surface area (Å²) in [6.45, 7) is 0.460. The second-order valence-electron chi connectivity index (χ2n) is 3.00. The maximum absolute atomic E-state index is 11.2. The minimum absolute atomic E-state index is 0.293. The topological polar surface area (TPSA) is 38.3 Å². The number of methoxy groups -OCH3 is 1. The predicted molar refractivity (Wildman–Crippen MR) is 75.1 cm³/mol. The molecule has 0 aliphatic heterocycles. The molecule has 1 atom stereocenters. The zero-order chi connectivity index (χ0) is 12.1. The minimum Gasteiger partial charge on any atom is -0.468 e. The monoisotopic (exact) mass is 413 g/mol. The first-order valence-corrected chi connectivity index (χ1v) is 6.95. The first kappa shape index (κ1) is 14.0. The molecule has 1 N–H and O–H groups in total. The Kier molecular flexibility index (Phi) is 5.78. The van der Waals surface area contributed by atoms with E-state index >= 15 is 0 Å². The quantitative estimate of drug-likeness (QED) is 0.603. The second-order valence-corrected chi connectivity index (χ2v) is 5.87. The minimum atomic E-state index is -0.358. The summed E-state index contributed by atoms with van der Waals surface area (Å²) in [5.41, 5.74) is 0.919. The van der Waals surface area contributed by atoms with Crippen molar-refractivity contribution in [3.8, 4) is 0 Å². The van der Waals surface area contributed by atoms with E-state index in [0.29, 0.717) is 6.54 Å². The van der Waals surface area contributed by atoms with Gasteiger partial charge in [0, 0.05) is 21.2 Å². The Morgan fingerprint density at radius 3 is 2.81 bits per heavy atom. The van der Waals surface area contributed by atoms with Crippen LogP contribution in [-0.4, -0.2) is 24.5 Å². The van der Waals surface area contributed by atoms with Crippen LogP contribution in [0.5, 0.6) is 0 Å². The lowest BCUT2D eigenvalue weighted by Gasteiger charge is -2.12. The van der Waals surface area contributed by atoms with Gasteiger partial charge in [0.05, 0.1) is 7.11 Å². The van der Waals surface area contributed by atoms with E-state index in [1.165, 1.54) is 7.11 Å². The first-order valence-electron chi connectivity index (χ1n) is 4.45. The van der Waals surface area contributed by atoms with Gasteiger partial charge in [0.25, 0.3) is 0 Å². The smallest absolute Gasteiger partial charge is 0.321 e. The molecule has 0 saturated heterocycles. The van der Waals surface area contributed by atoms with Crippen LogP contribution in [0.3, 0.4) is 0 Å². The van der Waals surface area contributed by atoms with Crippen LogP contribution < -0.4 is 5.32 Å². The lowest BCUT2D eigenvalue weighted by Crippen LogP contribution is -2.24. The van der Waals surface area contributed by atoms with Crippen LogP contribution in [0.2, 0.25) is 0 Å². The fourth-order valence-electron chi connectivity index (χ4n) is 1.04. The van der Waals surface area contributed by atoms with Gasteiger partial charge in [-0.3, -0.25) is 4.79 Å². The van der Waals surface area contributed by atoms with Crippen LogP contribution in [0.25, 0.3) is 0 Å². The molecule has 0 heterocycles. The van der Waals surface area contributed by atoms with Crippen LogP contribution in [0.4, 0.5) is 5.69 Å². The Labute approximate surface area is 119 Å². The summed E-state index contributed by atoms with van der Waals surface area (Å²) < 4.78 is 6.53. The van der Waals surface area contributed by atoms with Crippen LogP contribution >= 0.6 is 47.8 Å². The molecule has 0 saturated carbocycles. The Hall–Kier alpha value is -0.0700. The third kappa shape index (κ3) is 4.07. The average molecular weight is 416 g/mol. The normalized spacial score (nSPS) is 12.0.